The lowest BCUT2D eigenvalue weighted by molar-refractivity contribution is -0.144. The van der Waals surface area contributed by atoms with Gasteiger partial charge in [-0.1, -0.05) is 43.9 Å². The molecule has 0 aromatic heterocycles. The van der Waals surface area contributed by atoms with Crippen LogP contribution in [0.5, 0.6) is 0 Å². The summed E-state index contributed by atoms with van der Waals surface area (Å²) in [4.78, 5) is 27.6. The molecule has 2 atom stereocenters. The molecule has 0 radical (unpaired) electrons. The van der Waals surface area contributed by atoms with E-state index >= 15 is 0 Å². The second-order valence-corrected chi connectivity index (χ2v) is 7.64. The molecule has 0 saturated heterocycles. The van der Waals surface area contributed by atoms with Gasteiger partial charge in [-0.05, 0) is 50.7 Å². The highest BCUT2D eigenvalue weighted by molar-refractivity contribution is 5.94. The smallest absolute Gasteiger partial charge is 0.306 e. The summed E-state index contributed by atoms with van der Waals surface area (Å²) in [5, 5.41) is 0. The molecule has 0 heterocycles. The molecule has 3 rings (SSSR count). The van der Waals surface area contributed by atoms with Crippen molar-refractivity contribution in [3.63, 3.8) is 0 Å². The third kappa shape index (κ3) is 4.46. The molecule has 2 aliphatic carbocycles. The summed E-state index contributed by atoms with van der Waals surface area (Å²) >= 11 is 0. The van der Waals surface area contributed by atoms with Gasteiger partial charge < -0.3 is 9.64 Å². The second kappa shape index (κ2) is 9.20. The van der Waals surface area contributed by atoms with Crippen molar-refractivity contribution in [1.29, 1.82) is 0 Å². The summed E-state index contributed by atoms with van der Waals surface area (Å²) in [6.45, 7) is 2.27. The Hall–Kier alpha value is -1.84. The van der Waals surface area contributed by atoms with Crippen LogP contribution >= 0.6 is 0 Å². The van der Waals surface area contributed by atoms with Crippen molar-refractivity contribution >= 4 is 11.9 Å². The largest absolute Gasteiger partial charge is 0.466 e. The molecule has 142 valence electrons. The molecule has 1 amide bonds. The minimum atomic E-state index is -0.125. The van der Waals surface area contributed by atoms with Crippen molar-refractivity contribution in [2.45, 2.75) is 76.8 Å². The van der Waals surface area contributed by atoms with E-state index in [1.807, 2.05) is 37.3 Å². The normalized spacial score (nSPS) is 23.6. The zero-order chi connectivity index (χ0) is 18.4. The molecule has 2 aliphatic rings. The topological polar surface area (TPSA) is 46.6 Å². The molecule has 0 N–H and O–H groups in total. The number of nitrogens with zero attached hydrogens (tertiary/aromatic N) is 1. The highest BCUT2D eigenvalue weighted by atomic mass is 16.5. The van der Waals surface area contributed by atoms with E-state index in [0.717, 1.165) is 37.7 Å². The zero-order valence-corrected chi connectivity index (χ0v) is 15.9. The number of hydrogen-bond acceptors (Lipinski definition) is 3. The Morgan fingerprint density at radius 3 is 2.42 bits per heavy atom. The van der Waals surface area contributed by atoms with E-state index < -0.39 is 0 Å². The minimum Gasteiger partial charge on any atom is -0.466 e. The average molecular weight is 357 g/mol. The minimum absolute atomic E-state index is 0.125. The van der Waals surface area contributed by atoms with Crippen LogP contribution in [0.2, 0.25) is 0 Å². The Balaban J connectivity index is 1.82. The van der Waals surface area contributed by atoms with E-state index in [1.165, 1.54) is 19.3 Å². The van der Waals surface area contributed by atoms with Crippen LogP contribution in [-0.4, -0.2) is 35.5 Å². The van der Waals surface area contributed by atoms with Crippen LogP contribution in [0.4, 0.5) is 0 Å². The fourth-order valence-corrected chi connectivity index (χ4v) is 4.73. The van der Waals surface area contributed by atoms with E-state index in [9.17, 15) is 9.59 Å². The van der Waals surface area contributed by atoms with E-state index in [4.69, 9.17) is 4.74 Å². The van der Waals surface area contributed by atoms with Crippen LogP contribution in [0.1, 0.15) is 75.1 Å². The van der Waals surface area contributed by atoms with Crippen molar-refractivity contribution in [2.24, 2.45) is 5.92 Å². The van der Waals surface area contributed by atoms with E-state index in [2.05, 4.69) is 4.90 Å². The maximum absolute atomic E-state index is 13.4. The molecule has 0 bridgehead atoms. The Morgan fingerprint density at radius 1 is 1.00 bits per heavy atom. The van der Waals surface area contributed by atoms with Crippen LogP contribution in [-0.2, 0) is 9.53 Å². The molecule has 0 unspecified atom stereocenters. The highest BCUT2D eigenvalue weighted by Gasteiger charge is 2.39. The van der Waals surface area contributed by atoms with Gasteiger partial charge in [-0.3, -0.25) is 9.59 Å². The quantitative estimate of drug-likeness (QED) is 0.700. The molecule has 1 aromatic rings. The molecular weight excluding hydrogens is 326 g/mol. The van der Waals surface area contributed by atoms with Gasteiger partial charge in [-0.15, -0.1) is 0 Å². The predicted molar refractivity (Wildman–Crippen MR) is 102 cm³/mol. The van der Waals surface area contributed by atoms with Crippen molar-refractivity contribution in [1.82, 2.24) is 4.90 Å². The molecule has 1 aromatic carbocycles. The fraction of sp³-hybridized carbons (Fsp3) is 0.636. The summed E-state index contributed by atoms with van der Waals surface area (Å²) < 4.78 is 5.18. The van der Waals surface area contributed by atoms with Gasteiger partial charge in [0.05, 0.1) is 13.0 Å². The van der Waals surface area contributed by atoms with Gasteiger partial charge in [0, 0.05) is 17.6 Å². The molecule has 4 nitrogen and oxygen atoms in total. The van der Waals surface area contributed by atoms with Crippen LogP contribution in [0.25, 0.3) is 0 Å². The summed E-state index contributed by atoms with van der Waals surface area (Å²) in [6.07, 6.45) is 9.35. The first-order valence-electron chi connectivity index (χ1n) is 10.2. The SMILES string of the molecule is CCOC(=O)C[C@H]1CCC[C@H]1N(C(=O)c1ccccc1)C1CCCCC1. The molecule has 26 heavy (non-hydrogen) atoms. The number of ether oxygens (including phenoxy) is 1. The fourth-order valence-electron chi connectivity index (χ4n) is 4.73. The first-order chi connectivity index (χ1) is 12.7. The van der Waals surface area contributed by atoms with Gasteiger partial charge in [-0.25, -0.2) is 0 Å². The average Bonchev–Trinajstić information content (AvgIpc) is 3.11. The Bertz CT molecular complexity index is 595. The number of rotatable bonds is 6. The lowest BCUT2D eigenvalue weighted by atomic mass is 9.89. The number of hydrogen-bond donors (Lipinski definition) is 0. The predicted octanol–water partition coefficient (Wildman–Crippen LogP) is 4.58. The second-order valence-electron chi connectivity index (χ2n) is 7.64. The van der Waals surface area contributed by atoms with Crippen LogP contribution < -0.4 is 0 Å². The van der Waals surface area contributed by atoms with Crippen molar-refractivity contribution in [3.05, 3.63) is 35.9 Å². The molecule has 4 heteroatoms. The Kier molecular flexibility index (Phi) is 6.70. The summed E-state index contributed by atoms with van der Waals surface area (Å²) in [5.41, 5.74) is 0.764. The zero-order valence-electron chi connectivity index (χ0n) is 15.9. The molecule has 0 spiro atoms. The maximum Gasteiger partial charge on any atom is 0.306 e. The van der Waals surface area contributed by atoms with Crippen molar-refractivity contribution in [2.75, 3.05) is 6.61 Å². The number of carbonyl (C=O) groups excluding carboxylic acids is 2. The first-order valence-corrected chi connectivity index (χ1v) is 10.2. The van der Waals surface area contributed by atoms with Crippen molar-refractivity contribution < 1.29 is 14.3 Å². The molecule has 2 saturated carbocycles. The van der Waals surface area contributed by atoms with E-state index in [-0.39, 0.29) is 23.8 Å². The van der Waals surface area contributed by atoms with Crippen LogP contribution in [0.15, 0.2) is 30.3 Å². The van der Waals surface area contributed by atoms with Gasteiger partial charge in [-0.2, -0.15) is 0 Å². The lowest BCUT2D eigenvalue weighted by Crippen LogP contribution is -2.49. The Morgan fingerprint density at radius 2 is 1.73 bits per heavy atom. The third-order valence-electron chi connectivity index (χ3n) is 5.93. The molecule has 2 fully saturated rings. The van der Waals surface area contributed by atoms with E-state index in [0.29, 0.717) is 19.1 Å². The van der Waals surface area contributed by atoms with E-state index in [1.54, 1.807) is 0 Å². The Labute approximate surface area is 156 Å². The van der Waals surface area contributed by atoms with Crippen LogP contribution in [0, 0.1) is 5.92 Å². The van der Waals surface area contributed by atoms with Gasteiger partial charge in [0.15, 0.2) is 0 Å². The monoisotopic (exact) mass is 357 g/mol. The van der Waals surface area contributed by atoms with Gasteiger partial charge >= 0.3 is 5.97 Å². The van der Waals surface area contributed by atoms with Crippen LogP contribution in [0.3, 0.4) is 0 Å². The lowest BCUT2D eigenvalue weighted by Gasteiger charge is -2.41. The highest BCUT2D eigenvalue weighted by Crippen LogP contribution is 2.37. The summed E-state index contributed by atoms with van der Waals surface area (Å²) in [6, 6.07) is 10.1. The third-order valence-corrected chi connectivity index (χ3v) is 5.93. The number of benzene rings is 1. The van der Waals surface area contributed by atoms with Gasteiger partial charge in [0.1, 0.15) is 0 Å². The number of carbonyl (C=O) groups is 2. The summed E-state index contributed by atoms with van der Waals surface area (Å²) in [7, 11) is 0. The number of esters is 1. The molecule has 0 aliphatic heterocycles. The van der Waals surface area contributed by atoms with Gasteiger partial charge in [0.2, 0.25) is 0 Å². The van der Waals surface area contributed by atoms with Gasteiger partial charge in [0.25, 0.3) is 5.91 Å². The standard InChI is InChI=1S/C22H31NO3/c1-2-26-21(24)16-18-12-9-15-20(18)23(19-13-7-4-8-14-19)22(25)17-10-5-3-6-11-17/h3,5-6,10-11,18-20H,2,4,7-9,12-16H2,1H3/t18-,20-/m1/s1. The number of amides is 1. The maximum atomic E-state index is 13.4. The summed E-state index contributed by atoms with van der Waals surface area (Å²) in [5.74, 6) is 0.238. The first kappa shape index (κ1) is 18.9. The van der Waals surface area contributed by atoms with Crippen molar-refractivity contribution in [3.8, 4) is 0 Å². The molecular formula is C22H31NO3.